The van der Waals surface area contributed by atoms with E-state index in [1.807, 2.05) is 0 Å². The molecule has 0 atom stereocenters. The number of halogens is 3. The van der Waals surface area contributed by atoms with Crippen molar-refractivity contribution in [2.45, 2.75) is 26.6 Å². The summed E-state index contributed by atoms with van der Waals surface area (Å²) in [5.41, 5.74) is 0.0469. The molecule has 0 N–H and O–H groups in total. The zero-order chi connectivity index (χ0) is 15.3. The van der Waals surface area contributed by atoms with Crippen LogP contribution in [0.4, 0.5) is 13.2 Å². The van der Waals surface area contributed by atoms with Gasteiger partial charge in [0.15, 0.2) is 0 Å². The second kappa shape index (κ2) is 6.44. The molecule has 1 heterocycles. The van der Waals surface area contributed by atoms with Gasteiger partial charge in [-0.1, -0.05) is 0 Å². The molecular formula is C12H14F3NO4. The Morgan fingerprint density at radius 2 is 2.05 bits per heavy atom. The normalized spacial score (nSPS) is 11.1. The van der Waals surface area contributed by atoms with Crippen molar-refractivity contribution >= 4 is 5.97 Å². The molecule has 0 amide bonds. The lowest BCUT2D eigenvalue weighted by Crippen LogP contribution is -2.20. The van der Waals surface area contributed by atoms with Crippen LogP contribution < -0.4 is 9.47 Å². The predicted molar refractivity (Wildman–Crippen MR) is 62.5 cm³/mol. The van der Waals surface area contributed by atoms with Crippen LogP contribution in [0.2, 0.25) is 0 Å². The first kappa shape index (κ1) is 16.1. The summed E-state index contributed by atoms with van der Waals surface area (Å²) in [6.07, 6.45) is -4.12. The molecule has 0 aliphatic carbocycles. The molecule has 1 aromatic rings. The van der Waals surface area contributed by atoms with Crippen LogP contribution in [0.1, 0.15) is 18.1 Å². The first-order valence-corrected chi connectivity index (χ1v) is 5.72. The van der Waals surface area contributed by atoms with Crippen molar-refractivity contribution in [3.63, 3.8) is 0 Å². The van der Waals surface area contributed by atoms with Gasteiger partial charge < -0.3 is 14.2 Å². The molecule has 0 radical (unpaired) electrons. The number of hydrogen-bond acceptors (Lipinski definition) is 5. The fraction of sp³-hybridized carbons (Fsp3) is 0.500. The number of hydrogen-bond donors (Lipinski definition) is 0. The van der Waals surface area contributed by atoms with E-state index >= 15 is 0 Å². The van der Waals surface area contributed by atoms with Crippen molar-refractivity contribution < 1.29 is 32.2 Å². The summed E-state index contributed by atoms with van der Waals surface area (Å²) >= 11 is 0. The topological polar surface area (TPSA) is 57.7 Å². The number of carbonyl (C=O) groups is 1. The fourth-order valence-electron chi connectivity index (χ4n) is 1.57. The third-order valence-electron chi connectivity index (χ3n) is 2.30. The van der Waals surface area contributed by atoms with E-state index in [9.17, 15) is 18.0 Å². The van der Waals surface area contributed by atoms with Crippen LogP contribution in [0.5, 0.6) is 11.6 Å². The van der Waals surface area contributed by atoms with Gasteiger partial charge in [0, 0.05) is 11.8 Å². The molecule has 0 saturated heterocycles. The van der Waals surface area contributed by atoms with E-state index < -0.39 is 24.5 Å². The largest absolute Gasteiger partial charge is 0.573 e. The second-order valence-corrected chi connectivity index (χ2v) is 3.79. The maximum Gasteiger partial charge on any atom is 0.573 e. The van der Waals surface area contributed by atoms with Crippen molar-refractivity contribution in [2.75, 3.05) is 13.7 Å². The lowest BCUT2D eigenvalue weighted by atomic mass is 10.1. The molecule has 0 aromatic carbocycles. The summed E-state index contributed by atoms with van der Waals surface area (Å²) in [5, 5.41) is 0. The minimum Gasteiger partial charge on any atom is -0.481 e. The molecule has 1 aromatic heterocycles. The lowest BCUT2D eigenvalue weighted by molar-refractivity contribution is -0.275. The first-order chi connectivity index (χ1) is 9.28. The highest BCUT2D eigenvalue weighted by molar-refractivity contribution is 5.74. The van der Waals surface area contributed by atoms with Gasteiger partial charge in [-0.15, -0.1) is 13.2 Å². The van der Waals surface area contributed by atoms with E-state index in [1.165, 1.54) is 20.2 Å². The third kappa shape index (κ3) is 4.29. The number of ether oxygens (including phenoxy) is 3. The van der Waals surface area contributed by atoms with Gasteiger partial charge in [-0.3, -0.25) is 4.79 Å². The Morgan fingerprint density at radius 3 is 2.55 bits per heavy atom. The number of aryl methyl sites for hydroxylation is 1. The Bertz CT molecular complexity index is 488. The standard InChI is InChI=1S/C12H14F3NO4/c1-4-19-9(17)5-8-10(20-12(13,14)15)7(2)6-16-11(8)18-3/h6H,4-5H2,1-3H3. The van der Waals surface area contributed by atoms with E-state index in [0.29, 0.717) is 0 Å². The molecule has 0 aliphatic heterocycles. The smallest absolute Gasteiger partial charge is 0.481 e. The first-order valence-electron chi connectivity index (χ1n) is 5.72. The average Bonchev–Trinajstić information content (AvgIpc) is 2.33. The highest BCUT2D eigenvalue weighted by atomic mass is 19.4. The highest BCUT2D eigenvalue weighted by Gasteiger charge is 2.34. The number of alkyl halides is 3. The Morgan fingerprint density at radius 1 is 1.40 bits per heavy atom. The van der Waals surface area contributed by atoms with Crippen molar-refractivity contribution in [2.24, 2.45) is 0 Å². The van der Waals surface area contributed by atoms with E-state index in [2.05, 4.69) is 9.72 Å². The zero-order valence-electron chi connectivity index (χ0n) is 11.2. The van der Waals surface area contributed by atoms with E-state index in [4.69, 9.17) is 9.47 Å². The van der Waals surface area contributed by atoms with Gasteiger partial charge in [0.05, 0.1) is 25.7 Å². The van der Waals surface area contributed by atoms with Crippen LogP contribution in [-0.2, 0) is 16.0 Å². The molecule has 0 unspecified atom stereocenters. The van der Waals surface area contributed by atoms with Crippen molar-refractivity contribution in [1.82, 2.24) is 4.98 Å². The second-order valence-electron chi connectivity index (χ2n) is 3.79. The quantitative estimate of drug-likeness (QED) is 0.780. The molecule has 5 nitrogen and oxygen atoms in total. The Labute approximate surface area is 113 Å². The van der Waals surface area contributed by atoms with Crippen molar-refractivity contribution in [3.05, 3.63) is 17.3 Å². The molecule has 0 aliphatic rings. The van der Waals surface area contributed by atoms with Crippen LogP contribution in [0.25, 0.3) is 0 Å². The highest BCUT2D eigenvalue weighted by Crippen LogP contribution is 2.34. The molecular weight excluding hydrogens is 279 g/mol. The van der Waals surface area contributed by atoms with Crippen molar-refractivity contribution in [1.29, 1.82) is 0 Å². The van der Waals surface area contributed by atoms with Gasteiger partial charge in [0.25, 0.3) is 0 Å². The predicted octanol–water partition coefficient (Wildman–Crippen LogP) is 2.40. The minimum atomic E-state index is -4.87. The minimum absolute atomic E-state index is 0.0942. The zero-order valence-corrected chi connectivity index (χ0v) is 11.2. The van der Waals surface area contributed by atoms with Gasteiger partial charge >= 0.3 is 12.3 Å². The number of nitrogens with zero attached hydrogens (tertiary/aromatic N) is 1. The van der Waals surface area contributed by atoms with E-state index in [0.717, 1.165) is 0 Å². The van der Waals surface area contributed by atoms with Gasteiger partial charge in [-0.2, -0.15) is 0 Å². The molecule has 112 valence electrons. The number of esters is 1. The lowest BCUT2D eigenvalue weighted by Gasteiger charge is -2.17. The summed E-state index contributed by atoms with van der Waals surface area (Å²) in [6.45, 7) is 3.11. The maximum atomic E-state index is 12.4. The fourth-order valence-corrected chi connectivity index (χ4v) is 1.57. The van der Waals surface area contributed by atoms with Crippen LogP contribution in [0.15, 0.2) is 6.20 Å². The van der Waals surface area contributed by atoms with E-state index in [1.54, 1.807) is 6.92 Å². The summed E-state index contributed by atoms with van der Waals surface area (Å²) in [4.78, 5) is 15.3. The molecule has 0 fully saturated rings. The molecule has 0 spiro atoms. The molecule has 1 rings (SSSR count). The van der Waals surface area contributed by atoms with Crippen LogP contribution in [0, 0.1) is 6.92 Å². The Hall–Kier alpha value is -1.99. The van der Waals surface area contributed by atoms with Crippen molar-refractivity contribution in [3.8, 4) is 11.6 Å². The Kier molecular flexibility index (Phi) is 5.18. The number of pyridine rings is 1. The molecule has 0 bridgehead atoms. The summed E-state index contributed by atoms with van der Waals surface area (Å²) in [6, 6.07) is 0. The van der Waals surface area contributed by atoms with Crippen LogP contribution in [-0.4, -0.2) is 31.0 Å². The van der Waals surface area contributed by atoms with Gasteiger partial charge in [-0.25, -0.2) is 4.98 Å². The number of carbonyl (C=O) groups excluding carboxylic acids is 1. The number of methoxy groups -OCH3 is 1. The molecule has 8 heteroatoms. The summed E-state index contributed by atoms with van der Waals surface area (Å²) in [5.74, 6) is -1.29. The monoisotopic (exact) mass is 293 g/mol. The summed E-state index contributed by atoms with van der Waals surface area (Å²) < 4.78 is 50.8. The van der Waals surface area contributed by atoms with E-state index in [-0.39, 0.29) is 23.6 Å². The van der Waals surface area contributed by atoms with Gasteiger partial charge in [-0.05, 0) is 13.8 Å². The van der Waals surface area contributed by atoms with Gasteiger partial charge in [0.1, 0.15) is 5.75 Å². The molecule has 20 heavy (non-hydrogen) atoms. The third-order valence-corrected chi connectivity index (χ3v) is 2.30. The maximum absolute atomic E-state index is 12.4. The van der Waals surface area contributed by atoms with Crippen LogP contribution in [0.3, 0.4) is 0 Å². The SMILES string of the molecule is CCOC(=O)Cc1c(OC)ncc(C)c1OC(F)(F)F. The average molecular weight is 293 g/mol. The summed E-state index contributed by atoms with van der Waals surface area (Å²) in [7, 11) is 1.24. The molecule has 0 saturated carbocycles. The van der Waals surface area contributed by atoms with Gasteiger partial charge in [0.2, 0.25) is 5.88 Å². The Balaban J connectivity index is 3.21. The number of rotatable bonds is 5. The number of aromatic nitrogens is 1. The van der Waals surface area contributed by atoms with Crippen LogP contribution >= 0.6 is 0 Å².